The Morgan fingerprint density at radius 1 is 1.28 bits per heavy atom. The lowest BCUT2D eigenvalue weighted by molar-refractivity contribution is 0.0321. The molecule has 0 N–H and O–H groups in total. The summed E-state index contributed by atoms with van der Waals surface area (Å²) >= 11 is 0. The van der Waals surface area contributed by atoms with Crippen molar-refractivity contribution in [2.45, 2.75) is 39.8 Å². The lowest BCUT2D eigenvalue weighted by Crippen LogP contribution is -2.34. The predicted molar refractivity (Wildman–Crippen MR) is 71.9 cm³/mol. The van der Waals surface area contributed by atoms with Crippen LogP contribution in [0.2, 0.25) is 0 Å². The van der Waals surface area contributed by atoms with Gasteiger partial charge in [-0.05, 0) is 44.4 Å². The molecule has 1 aromatic carbocycles. The molecule has 1 aliphatic heterocycles. The molecule has 1 heterocycles. The van der Waals surface area contributed by atoms with Gasteiger partial charge in [0.15, 0.2) is 0 Å². The number of rotatable bonds is 0. The first-order chi connectivity index (χ1) is 8.37. The summed E-state index contributed by atoms with van der Waals surface area (Å²) < 4.78 is 5.38. The molecule has 0 aromatic heterocycles. The molecule has 3 nitrogen and oxygen atoms in total. The fourth-order valence-electron chi connectivity index (χ4n) is 2.01. The maximum atomic E-state index is 12.0. The number of hydrogen-bond acceptors (Lipinski definition) is 2. The highest BCUT2D eigenvalue weighted by molar-refractivity contribution is 5.76. The maximum Gasteiger partial charge on any atom is 0.414 e. The van der Waals surface area contributed by atoms with E-state index in [2.05, 4.69) is 6.07 Å². The fourth-order valence-corrected chi connectivity index (χ4v) is 2.01. The van der Waals surface area contributed by atoms with Gasteiger partial charge in [0.05, 0.1) is 6.54 Å². The van der Waals surface area contributed by atoms with Gasteiger partial charge in [0, 0.05) is 6.20 Å². The molecule has 0 atom stereocenters. The van der Waals surface area contributed by atoms with Crippen LogP contribution >= 0.6 is 0 Å². The van der Waals surface area contributed by atoms with Gasteiger partial charge >= 0.3 is 6.09 Å². The van der Waals surface area contributed by atoms with E-state index < -0.39 is 5.60 Å². The van der Waals surface area contributed by atoms with Gasteiger partial charge in [0.2, 0.25) is 0 Å². The van der Waals surface area contributed by atoms with Gasteiger partial charge in [-0.25, -0.2) is 4.79 Å². The first-order valence-electron chi connectivity index (χ1n) is 6.13. The standard InChI is InChI=1S/C15H19NO2/c1-11-9-16(14(17)18-15(2,3)4)10-12-7-5-6-8-13(11)12/h5-9H,10H2,1-4H3. The summed E-state index contributed by atoms with van der Waals surface area (Å²) in [7, 11) is 0. The molecule has 0 saturated heterocycles. The second kappa shape index (κ2) is 4.48. The summed E-state index contributed by atoms with van der Waals surface area (Å²) in [6, 6.07) is 8.13. The van der Waals surface area contributed by atoms with E-state index in [9.17, 15) is 4.79 Å². The van der Waals surface area contributed by atoms with Crippen molar-refractivity contribution in [3.63, 3.8) is 0 Å². The normalized spacial score (nSPS) is 14.9. The average Bonchev–Trinajstić information content (AvgIpc) is 2.26. The van der Waals surface area contributed by atoms with Crippen LogP contribution in [0.15, 0.2) is 30.5 Å². The van der Waals surface area contributed by atoms with Crippen molar-refractivity contribution in [3.05, 3.63) is 41.6 Å². The molecule has 18 heavy (non-hydrogen) atoms. The molecule has 0 fully saturated rings. The van der Waals surface area contributed by atoms with Gasteiger partial charge in [-0.3, -0.25) is 4.90 Å². The first kappa shape index (κ1) is 12.7. The summed E-state index contributed by atoms with van der Waals surface area (Å²) in [5.74, 6) is 0. The molecule has 1 aliphatic rings. The van der Waals surface area contributed by atoms with Gasteiger partial charge < -0.3 is 4.74 Å². The molecular formula is C15H19NO2. The lowest BCUT2D eigenvalue weighted by atomic mass is 9.98. The fraction of sp³-hybridized carbons (Fsp3) is 0.400. The molecule has 0 aliphatic carbocycles. The van der Waals surface area contributed by atoms with Crippen molar-refractivity contribution in [2.75, 3.05) is 0 Å². The van der Waals surface area contributed by atoms with Crippen molar-refractivity contribution >= 4 is 11.7 Å². The summed E-state index contributed by atoms with van der Waals surface area (Å²) in [4.78, 5) is 13.7. The summed E-state index contributed by atoms with van der Waals surface area (Å²) in [5.41, 5.74) is 2.99. The van der Waals surface area contributed by atoms with Gasteiger partial charge in [-0.2, -0.15) is 0 Å². The number of benzene rings is 1. The Kier molecular flexibility index (Phi) is 3.16. The average molecular weight is 245 g/mol. The van der Waals surface area contributed by atoms with Crippen LogP contribution < -0.4 is 0 Å². The number of carbonyl (C=O) groups excluding carboxylic acids is 1. The first-order valence-corrected chi connectivity index (χ1v) is 6.13. The number of nitrogens with zero attached hydrogens (tertiary/aromatic N) is 1. The smallest absolute Gasteiger partial charge is 0.414 e. The minimum Gasteiger partial charge on any atom is -0.443 e. The van der Waals surface area contributed by atoms with Crippen LogP contribution in [0.1, 0.15) is 38.8 Å². The Morgan fingerprint density at radius 3 is 2.61 bits per heavy atom. The second-order valence-corrected chi connectivity index (χ2v) is 5.58. The highest BCUT2D eigenvalue weighted by atomic mass is 16.6. The number of ether oxygens (including phenoxy) is 1. The van der Waals surface area contributed by atoms with Crippen LogP contribution in [0.25, 0.3) is 5.57 Å². The van der Waals surface area contributed by atoms with Crippen LogP contribution in [0, 0.1) is 0 Å². The molecule has 96 valence electrons. The third kappa shape index (κ3) is 2.73. The quantitative estimate of drug-likeness (QED) is 0.695. The monoisotopic (exact) mass is 245 g/mol. The largest absolute Gasteiger partial charge is 0.443 e. The van der Waals surface area contributed by atoms with E-state index in [1.165, 1.54) is 5.56 Å². The molecule has 3 heteroatoms. The van der Waals surface area contributed by atoms with Crippen molar-refractivity contribution < 1.29 is 9.53 Å². The Labute approximate surface area is 108 Å². The molecule has 0 unspecified atom stereocenters. The molecule has 1 aromatic rings. The van der Waals surface area contributed by atoms with Crippen molar-refractivity contribution in [3.8, 4) is 0 Å². The third-order valence-electron chi connectivity index (χ3n) is 2.76. The zero-order valence-corrected chi connectivity index (χ0v) is 11.4. The Morgan fingerprint density at radius 2 is 1.94 bits per heavy atom. The van der Waals surface area contributed by atoms with Gasteiger partial charge in [0.25, 0.3) is 0 Å². The van der Waals surface area contributed by atoms with E-state index in [4.69, 9.17) is 4.74 Å². The molecule has 0 spiro atoms. The van der Waals surface area contributed by atoms with E-state index >= 15 is 0 Å². The van der Waals surface area contributed by atoms with E-state index in [1.54, 1.807) is 4.90 Å². The topological polar surface area (TPSA) is 29.5 Å². The summed E-state index contributed by atoms with van der Waals surface area (Å²) in [6.45, 7) is 8.20. The molecule has 0 saturated carbocycles. The van der Waals surface area contributed by atoms with Crippen LogP contribution in [0.4, 0.5) is 4.79 Å². The predicted octanol–water partition coefficient (Wildman–Crippen LogP) is 3.80. The lowest BCUT2D eigenvalue weighted by Gasteiger charge is -2.29. The van der Waals surface area contributed by atoms with Crippen LogP contribution in [0.5, 0.6) is 0 Å². The zero-order valence-electron chi connectivity index (χ0n) is 11.4. The number of carbonyl (C=O) groups is 1. The zero-order chi connectivity index (χ0) is 13.3. The van der Waals surface area contributed by atoms with Crippen LogP contribution in [0.3, 0.4) is 0 Å². The third-order valence-corrected chi connectivity index (χ3v) is 2.76. The maximum absolute atomic E-state index is 12.0. The SMILES string of the molecule is CC1=CN(C(=O)OC(C)(C)C)Cc2ccccc21. The van der Waals surface area contributed by atoms with Crippen LogP contribution in [-0.4, -0.2) is 16.6 Å². The Bertz CT molecular complexity index is 497. The molecule has 0 radical (unpaired) electrons. The highest BCUT2D eigenvalue weighted by Crippen LogP contribution is 2.27. The minimum absolute atomic E-state index is 0.295. The molecule has 2 rings (SSSR count). The molecule has 0 bridgehead atoms. The Balaban J connectivity index is 2.21. The van der Waals surface area contributed by atoms with Crippen LogP contribution in [-0.2, 0) is 11.3 Å². The second-order valence-electron chi connectivity index (χ2n) is 5.58. The van der Waals surface area contributed by atoms with Crippen molar-refractivity contribution in [2.24, 2.45) is 0 Å². The number of fused-ring (bicyclic) bond motifs is 1. The van der Waals surface area contributed by atoms with Crippen molar-refractivity contribution in [1.29, 1.82) is 0 Å². The highest BCUT2D eigenvalue weighted by Gasteiger charge is 2.24. The van der Waals surface area contributed by atoms with Gasteiger partial charge in [0.1, 0.15) is 5.60 Å². The van der Waals surface area contributed by atoms with Gasteiger partial charge in [-0.15, -0.1) is 0 Å². The van der Waals surface area contributed by atoms with Gasteiger partial charge in [-0.1, -0.05) is 24.3 Å². The minimum atomic E-state index is -0.463. The Hall–Kier alpha value is -1.77. The van der Waals surface area contributed by atoms with E-state index in [-0.39, 0.29) is 6.09 Å². The van der Waals surface area contributed by atoms with Crippen molar-refractivity contribution in [1.82, 2.24) is 4.90 Å². The van der Waals surface area contributed by atoms with E-state index in [0.717, 1.165) is 11.1 Å². The van der Waals surface area contributed by atoms with E-state index in [0.29, 0.717) is 6.54 Å². The number of hydrogen-bond donors (Lipinski definition) is 0. The summed E-state index contributed by atoms with van der Waals surface area (Å²) in [6.07, 6.45) is 1.56. The van der Waals surface area contributed by atoms with E-state index in [1.807, 2.05) is 52.1 Å². The number of allylic oxidation sites excluding steroid dienone is 1. The number of amides is 1. The molecular weight excluding hydrogens is 226 g/mol. The molecule has 1 amide bonds. The summed E-state index contributed by atoms with van der Waals surface area (Å²) in [5, 5.41) is 0.